The minimum absolute atomic E-state index is 0.00416. The molecule has 0 spiro atoms. The highest BCUT2D eigenvalue weighted by molar-refractivity contribution is 9.10. The topological polar surface area (TPSA) is 41.4 Å². The Morgan fingerprint density at radius 1 is 1.16 bits per heavy atom. The number of aromatic nitrogens is 2. The molecule has 2 heterocycles. The molecule has 0 atom stereocenters. The first-order valence-electron chi connectivity index (χ1n) is 8.42. The lowest BCUT2D eigenvalue weighted by molar-refractivity contribution is 0.0632. The number of carbonyl (C=O) groups excluding carboxylic acids is 1. The first kappa shape index (κ1) is 18.4. The van der Waals surface area contributed by atoms with Crippen LogP contribution >= 0.6 is 27.5 Å². The minimum Gasteiger partial charge on any atom is -0.336 e. The van der Waals surface area contributed by atoms with Crippen LogP contribution in [0.5, 0.6) is 0 Å². The summed E-state index contributed by atoms with van der Waals surface area (Å²) in [6.45, 7) is 9.11. The molecule has 1 aliphatic heterocycles. The smallest absolute Gasteiger partial charge is 0.255 e. The average Bonchev–Trinajstić information content (AvgIpc) is 2.92. The summed E-state index contributed by atoms with van der Waals surface area (Å²) in [6.07, 6.45) is 0. The molecule has 0 N–H and O–H groups in total. The summed E-state index contributed by atoms with van der Waals surface area (Å²) in [5, 5.41) is 5.00. The second-order valence-corrected chi connectivity index (χ2v) is 7.73. The summed E-state index contributed by atoms with van der Waals surface area (Å²) >= 11 is 9.59. The van der Waals surface area contributed by atoms with Crippen molar-refractivity contribution >= 4 is 33.4 Å². The van der Waals surface area contributed by atoms with Crippen LogP contribution in [0.25, 0.3) is 0 Å². The van der Waals surface area contributed by atoms with Crippen LogP contribution in [0.1, 0.15) is 21.7 Å². The third-order valence-electron chi connectivity index (χ3n) is 4.55. The maximum atomic E-state index is 12.7. The molecule has 25 heavy (non-hydrogen) atoms. The van der Waals surface area contributed by atoms with Crippen LogP contribution in [0.3, 0.4) is 0 Å². The van der Waals surface area contributed by atoms with Crippen LogP contribution in [0.2, 0.25) is 5.02 Å². The Hall–Kier alpha value is -1.37. The first-order valence-corrected chi connectivity index (χ1v) is 9.59. The number of aryl methyl sites for hydroxylation is 2. The van der Waals surface area contributed by atoms with Gasteiger partial charge in [0.05, 0.1) is 22.8 Å². The van der Waals surface area contributed by atoms with E-state index in [1.54, 1.807) is 12.1 Å². The van der Waals surface area contributed by atoms with Crippen LogP contribution in [0.4, 0.5) is 0 Å². The van der Waals surface area contributed by atoms with Gasteiger partial charge in [0.15, 0.2) is 0 Å². The average molecular weight is 426 g/mol. The molecular weight excluding hydrogens is 404 g/mol. The van der Waals surface area contributed by atoms with Gasteiger partial charge >= 0.3 is 0 Å². The molecule has 1 amide bonds. The third-order valence-corrected chi connectivity index (χ3v) is 5.37. The fourth-order valence-electron chi connectivity index (χ4n) is 3.14. The summed E-state index contributed by atoms with van der Waals surface area (Å²) in [5.41, 5.74) is 2.81. The Labute approximate surface area is 161 Å². The van der Waals surface area contributed by atoms with Crippen molar-refractivity contribution in [2.75, 3.05) is 32.7 Å². The van der Waals surface area contributed by atoms with E-state index in [2.05, 4.69) is 38.9 Å². The van der Waals surface area contributed by atoms with Crippen molar-refractivity contribution in [1.29, 1.82) is 0 Å². The zero-order chi connectivity index (χ0) is 18.0. The van der Waals surface area contributed by atoms with Gasteiger partial charge in [-0.25, -0.2) is 0 Å². The van der Waals surface area contributed by atoms with Crippen molar-refractivity contribution in [3.05, 3.63) is 50.7 Å². The highest BCUT2D eigenvalue weighted by atomic mass is 79.9. The number of carbonyl (C=O) groups is 1. The second-order valence-electron chi connectivity index (χ2n) is 6.41. The summed E-state index contributed by atoms with van der Waals surface area (Å²) in [4.78, 5) is 17.0. The number of piperazine rings is 1. The van der Waals surface area contributed by atoms with Gasteiger partial charge in [0, 0.05) is 42.9 Å². The molecule has 3 rings (SSSR count). The summed E-state index contributed by atoms with van der Waals surface area (Å²) in [6, 6.07) is 7.48. The molecule has 0 radical (unpaired) electrons. The van der Waals surface area contributed by atoms with E-state index in [0.717, 1.165) is 49.4 Å². The quantitative estimate of drug-likeness (QED) is 0.754. The molecule has 5 nitrogen and oxygen atoms in total. The van der Waals surface area contributed by atoms with Gasteiger partial charge in [-0.15, -0.1) is 0 Å². The largest absolute Gasteiger partial charge is 0.336 e. The molecule has 0 bridgehead atoms. The maximum Gasteiger partial charge on any atom is 0.255 e. The lowest BCUT2D eigenvalue weighted by Crippen LogP contribution is -2.49. The Bertz CT molecular complexity index is 768. The van der Waals surface area contributed by atoms with Gasteiger partial charge in [-0.2, -0.15) is 5.10 Å². The van der Waals surface area contributed by atoms with E-state index in [9.17, 15) is 4.79 Å². The Morgan fingerprint density at radius 2 is 1.88 bits per heavy atom. The second kappa shape index (κ2) is 7.89. The summed E-state index contributed by atoms with van der Waals surface area (Å²) in [5.74, 6) is 0.00416. The van der Waals surface area contributed by atoms with E-state index in [4.69, 9.17) is 11.6 Å². The zero-order valence-corrected chi connectivity index (χ0v) is 16.8. The molecular formula is C18H22BrClN4O. The molecule has 2 aromatic rings. The monoisotopic (exact) mass is 424 g/mol. The Morgan fingerprint density at radius 3 is 2.52 bits per heavy atom. The van der Waals surface area contributed by atoms with Gasteiger partial charge in [-0.05, 0) is 38.1 Å². The molecule has 0 aliphatic carbocycles. The fraction of sp³-hybridized carbons (Fsp3) is 0.444. The lowest BCUT2D eigenvalue weighted by Gasteiger charge is -2.35. The van der Waals surface area contributed by atoms with E-state index >= 15 is 0 Å². The number of hydrogen-bond donors (Lipinski definition) is 0. The molecule has 0 saturated carbocycles. The molecule has 7 heteroatoms. The van der Waals surface area contributed by atoms with Crippen molar-refractivity contribution in [3.63, 3.8) is 0 Å². The number of rotatable bonds is 4. The van der Waals surface area contributed by atoms with E-state index in [0.29, 0.717) is 10.6 Å². The first-order chi connectivity index (χ1) is 11.9. The fourth-order valence-corrected chi connectivity index (χ4v) is 3.70. The van der Waals surface area contributed by atoms with Crippen molar-refractivity contribution in [2.24, 2.45) is 0 Å². The number of amides is 1. The molecule has 1 aromatic heterocycles. The summed E-state index contributed by atoms with van der Waals surface area (Å²) < 4.78 is 2.91. The molecule has 134 valence electrons. The normalized spacial score (nSPS) is 15.6. The van der Waals surface area contributed by atoms with E-state index in [1.165, 1.54) is 5.69 Å². The van der Waals surface area contributed by atoms with Crippen LogP contribution in [-0.4, -0.2) is 58.2 Å². The van der Waals surface area contributed by atoms with Crippen molar-refractivity contribution < 1.29 is 4.79 Å². The molecule has 1 saturated heterocycles. The predicted octanol–water partition coefficient (Wildman–Crippen LogP) is 3.37. The van der Waals surface area contributed by atoms with Gasteiger partial charge in [0.2, 0.25) is 0 Å². The van der Waals surface area contributed by atoms with Crippen LogP contribution in [0.15, 0.2) is 28.7 Å². The predicted molar refractivity (Wildman–Crippen MR) is 103 cm³/mol. The highest BCUT2D eigenvalue weighted by Crippen LogP contribution is 2.23. The lowest BCUT2D eigenvalue weighted by atomic mass is 10.2. The van der Waals surface area contributed by atoms with Crippen LogP contribution in [0, 0.1) is 13.8 Å². The number of benzene rings is 1. The third kappa shape index (κ3) is 4.43. The SMILES string of the molecule is Cc1cc(C)n(CCN2CCN(C(=O)c3cc(Br)ccc3Cl)CC2)n1. The van der Waals surface area contributed by atoms with E-state index in [-0.39, 0.29) is 5.91 Å². The van der Waals surface area contributed by atoms with Gasteiger partial charge in [-0.1, -0.05) is 27.5 Å². The van der Waals surface area contributed by atoms with Gasteiger partial charge < -0.3 is 4.90 Å². The van der Waals surface area contributed by atoms with Gasteiger partial charge in [-0.3, -0.25) is 14.4 Å². The highest BCUT2D eigenvalue weighted by Gasteiger charge is 2.23. The van der Waals surface area contributed by atoms with Crippen LogP contribution < -0.4 is 0 Å². The molecule has 1 aromatic carbocycles. The molecule has 0 unspecified atom stereocenters. The summed E-state index contributed by atoms with van der Waals surface area (Å²) in [7, 11) is 0. The van der Waals surface area contributed by atoms with E-state index in [1.807, 2.05) is 22.6 Å². The zero-order valence-electron chi connectivity index (χ0n) is 14.5. The van der Waals surface area contributed by atoms with Gasteiger partial charge in [0.25, 0.3) is 5.91 Å². The molecule has 1 fully saturated rings. The van der Waals surface area contributed by atoms with Crippen molar-refractivity contribution in [2.45, 2.75) is 20.4 Å². The van der Waals surface area contributed by atoms with Crippen molar-refractivity contribution in [1.82, 2.24) is 19.6 Å². The number of halogens is 2. The maximum absolute atomic E-state index is 12.7. The Kier molecular flexibility index (Phi) is 5.81. The molecule has 1 aliphatic rings. The van der Waals surface area contributed by atoms with Gasteiger partial charge in [0.1, 0.15) is 0 Å². The van der Waals surface area contributed by atoms with E-state index < -0.39 is 0 Å². The number of hydrogen-bond acceptors (Lipinski definition) is 3. The standard InChI is InChI=1S/C18H22BrClN4O/c1-13-11-14(2)24(21-13)10-7-22-5-8-23(9-6-22)18(25)16-12-15(19)3-4-17(16)20/h3-4,11-12H,5-10H2,1-2H3. The van der Waals surface area contributed by atoms with Crippen molar-refractivity contribution in [3.8, 4) is 0 Å². The van der Waals surface area contributed by atoms with Crippen LogP contribution in [-0.2, 0) is 6.54 Å². The Balaban J connectivity index is 1.54. The number of nitrogens with zero attached hydrogens (tertiary/aromatic N) is 4. The minimum atomic E-state index is 0.00416.